The Kier molecular flexibility index (Phi) is 5.17. The van der Waals surface area contributed by atoms with Crippen LogP contribution in [0.15, 0.2) is 36.4 Å². The number of phenols is 1. The largest absolute Gasteiger partial charge is 0.506 e. The van der Waals surface area contributed by atoms with Crippen LogP contribution < -0.4 is 14.8 Å². The van der Waals surface area contributed by atoms with Crippen LogP contribution in [-0.4, -0.2) is 18.8 Å². The second-order valence-corrected chi connectivity index (χ2v) is 4.85. The summed E-state index contributed by atoms with van der Waals surface area (Å²) >= 11 is 5.88. The van der Waals surface area contributed by atoms with Crippen LogP contribution in [-0.2, 0) is 6.54 Å². The second kappa shape index (κ2) is 7.09. The first-order valence-corrected chi connectivity index (χ1v) is 7.04. The van der Waals surface area contributed by atoms with Gasteiger partial charge in [0.1, 0.15) is 5.75 Å². The lowest BCUT2D eigenvalue weighted by Crippen LogP contribution is -2.01. The maximum Gasteiger partial charge on any atom is 0.162 e. The number of ether oxygens (including phenoxy) is 2. The fraction of sp³-hybridized carbons (Fsp3) is 0.250. The van der Waals surface area contributed by atoms with E-state index in [1.165, 1.54) is 0 Å². The highest BCUT2D eigenvalue weighted by Crippen LogP contribution is 2.30. The molecule has 0 atom stereocenters. The maximum atomic E-state index is 9.40. The van der Waals surface area contributed by atoms with Gasteiger partial charge in [-0.15, -0.1) is 0 Å². The first-order valence-electron chi connectivity index (χ1n) is 6.66. The highest BCUT2D eigenvalue weighted by Gasteiger charge is 2.05. The first-order chi connectivity index (χ1) is 10.1. The molecule has 0 aliphatic carbocycles. The summed E-state index contributed by atoms with van der Waals surface area (Å²) in [5, 5.41) is 13.0. The Morgan fingerprint density at radius 2 is 1.95 bits per heavy atom. The van der Waals surface area contributed by atoms with Gasteiger partial charge >= 0.3 is 0 Å². The molecular weight excluding hydrogens is 290 g/mol. The van der Waals surface area contributed by atoms with Crippen molar-refractivity contribution in [3.05, 3.63) is 47.0 Å². The van der Waals surface area contributed by atoms with Gasteiger partial charge in [0.25, 0.3) is 0 Å². The van der Waals surface area contributed by atoms with Crippen molar-refractivity contribution in [1.29, 1.82) is 0 Å². The Balaban J connectivity index is 2.07. The van der Waals surface area contributed by atoms with Gasteiger partial charge in [0, 0.05) is 18.3 Å². The van der Waals surface area contributed by atoms with E-state index < -0.39 is 0 Å². The van der Waals surface area contributed by atoms with Gasteiger partial charge in [-0.05, 0) is 36.8 Å². The van der Waals surface area contributed by atoms with E-state index in [1.54, 1.807) is 19.2 Å². The Bertz CT molecular complexity index is 616. The number of nitrogens with one attached hydrogen (secondary N) is 1. The average molecular weight is 308 g/mol. The SMILES string of the molecule is CCOc1ccc(NCc2ccc(O)c(Cl)c2)cc1OC. The van der Waals surface area contributed by atoms with E-state index in [1.807, 2.05) is 31.2 Å². The number of methoxy groups -OCH3 is 1. The van der Waals surface area contributed by atoms with Crippen molar-refractivity contribution in [1.82, 2.24) is 0 Å². The molecule has 0 bridgehead atoms. The summed E-state index contributed by atoms with van der Waals surface area (Å²) in [7, 11) is 1.61. The van der Waals surface area contributed by atoms with Crippen LogP contribution >= 0.6 is 11.6 Å². The molecule has 2 aromatic rings. The Labute approximate surface area is 129 Å². The predicted molar refractivity (Wildman–Crippen MR) is 84.6 cm³/mol. The van der Waals surface area contributed by atoms with Crippen molar-refractivity contribution < 1.29 is 14.6 Å². The maximum absolute atomic E-state index is 9.40. The minimum Gasteiger partial charge on any atom is -0.506 e. The fourth-order valence-electron chi connectivity index (χ4n) is 1.92. The van der Waals surface area contributed by atoms with Crippen LogP contribution in [0.25, 0.3) is 0 Å². The van der Waals surface area contributed by atoms with Crippen molar-refractivity contribution in [2.24, 2.45) is 0 Å². The Morgan fingerprint density at radius 3 is 2.62 bits per heavy atom. The molecule has 0 saturated carbocycles. The van der Waals surface area contributed by atoms with Crippen molar-refractivity contribution in [2.75, 3.05) is 19.0 Å². The molecule has 2 aromatic carbocycles. The molecule has 0 radical (unpaired) electrons. The van der Waals surface area contributed by atoms with Crippen LogP contribution in [0, 0.1) is 0 Å². The van der Waals surface area contributed by atoms with E-state index in [0.717, 1.165) is 17.0 Å². The minimum atomic E-state index is 0.0863. The van der Waals surface area contributed by atoms with Gasteiger partial charge in [0.2, 0.25) is 0 Å². The predicted octanol–water partition coefficient (Wildman–Crippen LogP) is 4.07. The van der Waals surface area contributed by atoms with Gasteiger partial charge in [-0.25, -0.2) is 0 Å². The number of aromatic hydroxyl groups is 1. The quantitative estimate of drug-likeness (QED) is 0.845. The van der Waals surface area contributed by atoms with E-state index in [4.69, 9.17) is 21.1 Å². The van der Waals surface area contributed by atoms with E-state index in [9.17, 15) is 5.11 Å². The molecule has 5 heteroatoms. The standard InChI is InChI=1S/C16H18ClNO3/c1-3-21-15-7-5-12(9-16(15)20-2)18-10-11-4-6-14(19)13(17)8-11/h4-9,18-19H,3,10H2,1-2H3. The molecule has 0 fully saturated rings. The van der Waals surface area contributed by atoms with E-state index in [2.05, 4.69) is 5.32 Å². The zero-order valence-corrected chi connectivity index (χ0v) is 12.8. The van der Waals surface area contributed by atoms with Gasteiger partial charge < -0.3 is 19.9 Å². The molecule has 112 valence electrons. The van der Waals surface area contributed by atoms with Crippen LogP contribution in [0.5, 0.6) is 17.2 Å². The van der Waals surface area contributed by atoms with Crippen molar-refractivity contribution in [2.45, 2.75) is 13.5 Å². The molecule has 4 nitrogen and oxygen atoms in total. The number of hydrogen-bond donors (Lipinski definition) is 2. The summed E-state index contributed by atoms with van der Waals surface area (Å²) in [6.45, 7) is 3.12. The summed E-state index contributed by atoms with van der Waals surface area (Å²) in [6.07, 6.45) is 0. The normalized spacial score (nSPS) is 10.2. The molecule has 0 spiro atoms. The lowest BCUT2D eigenvalue weighted by Gasteiger charge is -2.12. The monoisotopic (exact) mass is 307 g/mol. The molecule has 2 rings (SSSR count). The molecule has 2 N–H and O–H groups in total. The van der Waals surface area contributed by atoms with Gasteiger partial charge in [-0.2, -0.15) is 0 Å². The summed E-state index contributed by atoms with van der Waals surface area (Å²) < 4.78 is 10.8. The van der Waals surface area contributed by atoms with Crippen LogP contribution in [0.1, 0.15) is 12.5 Å². The molecule has 0 unspecified atom stereocenters. The number of anilines is 1. The smallest absolute Gasteiger partial charge is 0.162 e. The lowest BCUT2D eigenvalue weighted by molar-refractivity contribution is 0.311. The lowest BCUT2D eigenvalue weighted by atomic mass is 10.2. The molecule has 0 aliphatic heterocycles. The number of benzene rings is 2. The van der Waals surface area contributed by atoms with Crippen molar-refractivity contribution in [3.63, 3.8) is 0 Å². The topological polar surface area (TPSA) is 50.7 Å². The number of phenolic OH excluding ortho intramolecular Hbond substituents is 1. The van der Waals surface area contributed by atoms with Crippen molar-refractivity contribution in [3.8, 4) is 17.2 Å². The third-order valence-corrected chi connectivity index (χ3v) is 3.27. The number of halogens is 1. The molecule has 0 heterocycles. The molecule has 0 aliphatic rings. The number of rotatable bonds is 6. The molecule has 21 heavy (non-hydrogen) atoms. The van der Waals surface area contributed by atoms with Gasteiger partial charge in [0.05, 0.1) is 18.7 Å². The van der Waals surface area contributed by atoms with Crippen molar-refractivity contribution >= 4 is 17.3 Å². The fourth-order valence-corrected chi connectivity index (χ4v) is 2.12. The third-order valence-electron chi connectivity index (χ3n) is 2.97. The summed E-state index contributed by atoms with van der Waals surface area (Å²) in [5.41, 5.74) is 1.89. The highest BCUT2D eigenvalue weighted by molar-refractivity contribution is 6.32. The zero-order valence-electron chi connectivity index (χ0n) is 12.0. The molecule has 0 aromatic heterocycles. The minimum absolute atomic E-state index is 0.0863. The average Bonchev–Trinajstić information content (AvgIpc) is 2.49. The van der Waals surface area contributed by atoms with Gasteiger partial charge in [-0.3, -0.25) is 0 Å². The van der Waals surface area contributed by atoms with Crippen LogP contribution in [0.2, 0.25) is 5.02 Å². The summed E-state index contributed by atoms with van der Waals surface area (Å²) in [6, 6.07) is 10.8. The second-order valence-electron chi connectivity index (χ2n) is 4.44. The molecule has 0 amide bonds. The third kappa shape index (κ3) is 3.95. The van der Waals surface area contributed by atoms with Gasteiger partial charge in [0.15, 0.2) is 11.5 Å². The zero-order chi connectivity index (χ0) is 15.2. The molecule has 0 saturated heterocycles. The van der Waals surface area contributed by atoms with Gasteiger partial charge in [-0.1, -0.05) is 17.7 Å². The number of hydrogen-bond acceptors (Lipinski definition) is 4. The highest BCUT2D eigenvalue weighted by atomic mass is 35.5. The van der Waals surface area contributed by atoms with E-state index in [0.29, 0.717) is 23.9 Å². The summed E-state index contributed by atoms with van der Waals surface area (Å²) in [5.74, 6) is 1.49. The first kappa shape index (κ1) is 15.3. The Hall–Kier alpha value is -2.07. The van der Waals surface area contributed by atoms with Crippen LogP contribution in [0.3, 0.4) is 0 Å². The summed E-state index contributed by atoms with van der Waals surface area (Å²) in [4.78, 5) is 0. The van der Waals surface area contributed by atoms with Crippen LogP contribution in [0.4, 0.5) is 5.69 Å². The molecular formula is C16H18ClNO3. The van der Waals surface area contributed by atoms with E-state index >= 15 is 0 Å². The Morgan fingerprint density at radius 1 is 1.14 bits per heavy atom. The van der Waals surface area contributed by atoms with E-state index in [-0.39, 0.29) is 5.75 Å².